The molecule has 2 heterocycles. The zero-order chi connectivity index (χ0) is 14.7. The van der Waals surface area contributed by atoms with Crippen LogP contribution in [0.4, 0.5) is 5.82 Å². The molecule has 1 aliphatic heterocycles. The van der Waals surface area contributed by atoms with Crippen molar-refractivity contribution >= 4 is 11.7 Å². The summed E-state index contributed by atoms with van der Waals surface area (Å²) < 4.78 is 0. The first kappa shape index (κ1) is 14.1. The number of hydrogen-bond donors (Lipinski definition) is 3. The van der Waals surface area contributed by atoms with E-state index in [2.05, 4.69) is 21.7 Å². The zero-order valence-corrected chi connectivity index (χ0v) is 12.2. The molecule has 0 saturated carbocycles. The summed E-state index contributed by atoms with van der Waals surface area (Å²) in [7, 11) is 0. The van der Waals surface area contributed by atoms with E-state index in [1.807, 2.05) is 6.07 Å². The van der Waals surface area contributed by atoms with Crippen molar-refractivity contribution in [2.24, 2.45) is 5.73 Å². The van der Waals surface area contributed by atoms with E-state index in [0.29, 0.717) is 11.4 Å². The lowest BCUT2D eigenvalue weighted by molar-refractivity contribution is 0.100. The molecule has 0 bridgehead atoms. The highest BCUT2D eigenvalue weighted by Gasteiger charge is 2.18. The number of aryl methyl sites for hydroxylation is 2. The number of pyridine rings is 1. The molecule has 5 nitrogen and oxygen atoms in total. The van der Waals surface area contributed by atoms with E-state index in [9.17, 15) is 4.79 Å². The first-order chi connectivity index (χ1) is 10.2. The molecule has 1 aliphatic carbocycles. The lowest BCUT2D eigenvalue weighted by atomic mass is 9.94. The predicted molar refractivity (Wildman–Crippen MR) is 83.5 cm³/mol. The summed E-state index contributed by atoms with van der Waals surface area (Å²) in [5.41, 5.74) is 9.68. The summed E-state index contributed by atoms with van der Waals surface area (Å²) in [6.45, 7) is 2.65. The van der Waals surface area contributed by atoms with Crippen molar-refractivity contribution in [3.8, 4) is 0 Å². The smallest absolute Gasteiger partial charge is 0.252 e. The van der Waals surface area contributed by atoms with Gasteiger partial charge in [-0.25, -0.2) is 4.98 Å². The monoisotopic (exact) mass is 286 g/mol. The fourth-order valence-corrected chi connectivity index (χ4v) is 2.98. The molecule has 5 heteroatoms. The highest BCUT2D eigenvalue weighted by atomic mass is 16.1. The van der Waals surface area contributed by atoms with Crippen LogP contribution < -0.4 is 16.4 Å². The molecule has 0 radical (unpaired) electrons. The minimum absolute atomic E-state index is 0.405. The third-order valence-corrected chi connectivity index (χ3v) is 4.21. The number of nitrogens with zero attached hydrogens (tertiary/aromatic N) is 1. The Hall–Kier alpha value is -1.88. The van der Waals surface area contributed by atoms with Gasteiger partial charge >= 0.3 is 0 Å². The lowest BCUT2D eigenvalue weighted by Gasteiger charge is -2.20. The summed E-state index contributed by atoms with van der Waals surface area (Å²) in [6, 6.07) is 1.93. The van der Waals surface area contributed by atoms with Crippen LogP contribution in [0, 0.1) is 0 Å². The number of amides is 1. The van der Waals surface area contributed by atoms with Gasteiger partial charge in [0.05, 0.1) is 5.56 Å². The lowest BCUT2D eigenvalue weighted by Crippen LogP contribution is -2.24. The number of aromatic nitrogens is 1. The Bertz CT molecular complexity index is 580. The summed E-state index contributed by atoms with van der Waals surface area (Å²) in [5, 5.41) is 6.60. The summed E-state index contributed by atoms with van der Waals surface area (Å²) in [4.78, 5) is 16.3. The highest BCUT2D eigenvalue weighted by Crippen LogP contribution is 2.24. The van der Waals surface area contributed by atoms with Gasteiger partial charge in [0.2, 0.25) is 0 Å². The van der Waals surface area contributed by atoms with Crippen molar-refractivity contribution in [2.45, 2.75) is 32.1 Å². The number of hydrogen-bond acceptors (Lipinski definition) is 4. The van der Waals surface area contributed by atoms with Crippen molar-refractivity contribution in [1.82, 2.24) is 10.3 Å². The molecule has 21 heavy (non-hydrogen) atoms. The Kier molecular flexibility index (Phi) is 4.20. The average Bonchev–Trinajstić information content (AvgIpc) is 2.53. The third kappa shape index (κ3) is 3.24. The van der Waals surface area contributed by atoms with Crippen LogP contribution in [0.2, 0.25) is 0 Å². The van der Waals surface area contributed by atoms with Gasteiger partial charge in [0.15, 0.2) is 0 Å². The van der Waals surface area contributed by atoms with E-state index in [4.69, 9.17) is 5.73 Å². The normalized spacial score (nSPS) is 17.8. The molecule has 0 unspecified atom stereocenters. The Labute approximate surface area is 125 Å². The standard InChI is InChI=1S/C16H22N4O/c17-15(21)13-9-12-3-1-2-4-14(12)20-16(13)19-10-11-5-7-18-8-6-11/h5,9,18H,1-4,6-8,10H2,(H2,17,21)(H,19,20). The molecule has 1 aromatic heterocycles. The number of fused-ring (bicyclic) bond motifs is 1. The van der Waals surface area contributed by atoms with Crippen LogP contribution in [0.5, 0.6) is 0 Å². The molecule has 2 aliphatic rings. The Morgan fingerprint density at radius 3 is 2.95 bits per heavy atom. The number of primary amides is 1. The average molecular weight is 286 g/mol. The van der Waals surface area contributed by atoms with Gasteiger partial charge in [-0.1, -0.05) is 11.6 Å². The van der Waals surface area contributed by atoms with Crippen LogP contribution in [0.25, 0.3) is 0 Å². The molecule has 3 rings (SSSR count). The fourth-order valence-electron chi connectivity index (χ4n) is 2.98. The number of nitrogens with one attached hydrogen (secondary N) is 2. The fraction of sp³-hybridized carbons (Fsp3) is 0.500. The minimum Gasteiger partial charge on any atom is -0.366 e. The van der Waals surface area contributed by atoms with Gasteiger partial charge in [-0.3, -0.25) is 4.79 Å². The summed E-state index contributed by atoms with van der Waals surface area (Å²) in [5.74, 6) is 0.236. The maximum atomic E-state index is 11.7. The van der Waals surface area contributed by atoms with Crippen LogP contribution in [-0.2, 0) is 12.8 Å². The molecular formula is C16H22N4O. The van der Waals surface area contributed by atoms with Crippen molar-refractivity contribution < 1.29 is 4.79 Å². The molecule has 0 fully saturated rings. The molecular weight excluding hydrogens is 264 g/mol. The second-order valence-electron chi connectivity index (χ2n) is 5.73. The highest BCUT2D eigenvalue weighted by molar-refractivity contribution is 5.97. The topological polar surface area (TPSA) is 80.0 Å². The van der Waals surface area contributed by atoms with E-state index in [1.54, 1.807) is 0 Å². The Morgan fingerprint density at radius 2 is 2.19 bits per heavy atom. The Balaban J connectivity index is 1.82. The van der Waals surface area contributed by atoms with Crippen LogP contribution in [0.15, 0.2) is 17.7 Å². The van der Waals surface area contributed by atoms with Crippen LogP contribution in [0.3, 0.4) is 0 Å². The molecule has 0 aromatic carbocycles. The first-order valence-corrected chi connectivity index (χ1v) is 7.69. The summed E-state index contributed by atoms with van der Waals surface area (Å²) >= 11 is 0. The SMILES string of the molecule is NC(=O)c1cc2c(nc1NCC1=CCNCC1)CCCC2. The quantitative estimate of drug-likeness (QED) is 0.731. The van der Waals surface area contributed by atoms with Gasteiger partial charge in [0.1, 0.15) is 5.82 Å². The largest absolute Gasteiger partial charge is 0.366 e. The second kappa shape index (κ2) is 6.26. The molecule has 0 saturated heterocycles. The molecule has 0 spiro atoms. The van der Waals surface area contributed by atoms with Gasteiger partial charge in [-0.05, 0) is 50.3 Å². The van der Waals surface area contributed by atoms with Gasteiger partial charge < -0.3 is 16.4 Å². The number of rotatable bonds is 4. The summed E-state index contributed by atoms with van der Waals surface area (Å²) in [6.07, 6.45) is 7.56. The maximum Gasteiger partial charge on any atom is 0.252 e. The van der Waals surface area contributed by atoms with Crippen LogP contribution in [0.1, 0.15) is 40.9 Å². The number of nitrogens with two attached hydrogens (primary N) is 1. The molecule has 0 atom stereocenters. The Morgan fingerprint density at radius 1 is 1.33 bits per heavy atom. The number of carbonyl (C=O) groups excluding carboxylic acids is 1. The maximum absolute atomic E-state index is 11.7. The number of anilines is 1. The molecule has 4 N–H and O–H groups in total. The van der Waals surface area contributed by atoms with Crippen molar-refractivity contribution in [3.63, 3.8) is 0 Å². The van der Waals surface area contributed by atoms with Crippen molar-refractivity contribution in [3.05, 3.63) is 34.5 Å². The van der Waals surface area contributed by atoms with Gasteiger partial charge in [-0.2, -0.15) is 0 Å². The van der Waals surface area contributed by atoms with Crippen LogP contribution in [-0.4, -0.2) is 30.5 Å². The molecule has 1 aromatic rings. The van der Waals surface area contributed by atoms with Crippen LogP contribution >= 0.6 is 0 Å². The predicted octanol–water partition coefficient (Wildman–Crippen LogP) is 1.39. The van der Waals surface area contributed by atoms with Gasteiger partial charge in [0, 0.05) is 18.8 Å². The third-order valence-electron chi connectivity index (χ3n) is 4.21. The van der Waals surface area contributed by atoms with Crippen molar-refractivity contribution in [2.75, 3.05) is 25.0 Å². The van der Waals surface area contributed by atoms with E-state index in [0.717, 1.165) is 44.6 Å². The molecule has 112 valence electrons. The second-order valence-corrected chi connectivity index (χ2v) is 5.73. The zero-order valence-electron chi connectivity index (χ0n) is 12.2. The number of carbonyl (C=O) groups is 1. The van der Waals surface area contributed by atoms with Crippen molar-refractivity contribution in [1.29, 1.82) is 0 Å². The van der Waals surface area contributed by atoms with Gasteiger partial charge in [0.25, 0.3) is 5.91 Å². The van der Waals surface area contributed by atoms with E-state index in [1.165, 1.54) is 24.0 Å². The van der Waals surface area contributed by atoms with Gasteiger partial charge in [-0.15, -0.1) is 0 Å². The van der Waals surface area contributed by atoms with E-state index < -0.39 is 5.91 Å². The molecule has 1 amide bonds. The van der Waals surface area contributed by atoms with E-state index in [-0.39, 0.29) is 0 Å². The first-order valence-electron chi connectivity index (χ1n) is 7.69. The van der Waals surface area contributed by atoms with E-state index >= 15 is 0 Å². The minimum atomic E-state index is -0.405.